The molecule has 1 heterocycles. The van der Waals surface area contributed by atoms with E-state index in [1.165, 1.54) is 18.2 Å². The maximum atomic E-state index is 12.8. The van der Waals surface area contributed by atoms with Gasteiger partial charge in [-0.1, -0.05) is 66.2 Å². The maximum absolute atomic E-state index is 12.8. The number of benzene rings is 3. The zero-order chi connectivity index (χ0) is 26.2. The molecule has 1 fully saturated rings. The second-order valence-electron chi connectivity index (χ2n) is 8.98. The summed E-state index contributed by atoms with van der Waals surface area (Å²) in [7, 11) is 1.38. The number of carboxylic acids is 1. The topological polar surface area (TPSA) is 79.3 Å². The van der Waals surface area contributed by atoms with Crippen LogP contribution in [0.15, 0.2) is 78.9 Å². The van der Waals surface area contributed by atoms with E-state index in [0.29, 0.717) is 23.9 Å². The van der Waals surface area contributed by atoms with Crippen molar-refractivity contribution >= 4 is 23.5 Å². The minimum atomic E-state index is -1.00. The first-order valence-corrected chi connectivity index (χ1v) is 12.6. The fourth-order valence-electron chi connectivity index (χ4n) is 4.57. The van der Waals surface area contributed by atoms with E-state index in [-0.39, 0.29) is 25.0 Å². The van der Waals surface area contributed by atoms with Crippen LogP contribution in [0.5, 0.6) is 5.75 Å². The van der Waals surface area contributed by atoms with E-state index in [1.807, 2.05) is 35.2 Å². The van der Waals surface area contributed by atoms with Crippen molar-refractivity contribution in [3.8, 4) is 5.75 Å². The van der Waals surface area contributed by atoms with Crippen molar-refractivity contribution in [3.05, 3.63) is 101 Å². The summed E-state index contributed by atoms with van der Waals surface area (Å²) in [5.41, 5.74) is 3.19. The lowest BCUT2D eigenvalue weighted by Gasteiger charge is -2.39. The van der Waals surface area contributed by atoms with Gasteiger partial charge in [-0.15, -0.1) is 0 Å². The molecule has 37 heavy (non-hydrogen) atoms. The number of nitrogens with zero attached hydrogens (tertiary/aromatic N) is 2. The van der Waals surface area contributed by atoms with Crippen LogP contribution >= 0.6 is 11.6 Å². The number of rotatable bonds is 10. The summed E-state index contributed by atoms with van der Waals surface area (Å²) in [5.74, 6) is -0.500. The van der Waals surface area contributed by atoms with E-state index in [2.05, 4.69) is 29.2 Å². The fourth-order valence-corrected chi connectivity index (χ4v) is 4.69. The lowest BCUT2D eigenvalue weighted by molar-refractivity contribution is -0.148. The van der Waals surface area contributed by atoms with Crippen LogP contribution in [0.2, 0.25) is 5.02 Å². The van der Waals surface area contributed by atoms with Gasteiger partial charge in [-0.25, -0.2) is 4.79 Å². The van der Waals surface area contributed by atoms with Gasteiger partial charge in [0.25, 0.3) is 5.91 Å². The molecule has 2 unspecified atom stereocenters. The summed E-state index contributed by atoms with van der Waals surface area (Å²) < 4.78 is 10.7. The molecule has 194 valence electrons. The Morgan fingerprint density at radius 2 is 1.51 bits per heavy atom. The molecule has 1 aliphatic rings. The van der Waals surface area contributed by atoms with E-state index in [4.69, 9.17) is 26.2 Å². The number of piperazine rings is 1. The highest BCUT2D eigenvalue weighted by atomic mass is 35.5. The van der Waals surface area contributed by atoms with Gasteiger partial charge in [-0.3, -0.25) is 9.69 Å². The van der Waals surface area contributed by atoms with Crippen molar-refractivity contribution < 1.29 is 24.2 Å². The Morgan fingerprint density at radius 3 is 2.11 bits per heavy atom. The van der Waals surface area contributed by atoms with E-state index >= 15 is 0 Å². The standard InChI is InChI=1S/C29H31ClN2O5/c1-36-26(29(34)35)19-21-7-13-25(14-8-21)37-20-27(33)31-15-17-32(18-16-31)28(22-5-3-2-4-6-22)23-9-11-24(30)12-10-23/h2-14,26,28H,15-20H2,1H3,(H,34,35). The quantitative estimate of drug-likeness (QED) is 0.428. The number of ether oxygens (including phenoxy) is 2. The van der Waals surface area contributed by atoms with Crippen LogP contribution in [-0.4, -0.2) is 72.8 Å². The third kappa shape index (κ3) is 7.10. The SMILES string of the molecule is COC(Cc1ccc(OCC(=O)N2CCN(C(c3ccccc3)c3ccc(Cl)cc3)CC2)cc1)C(=O)O. The van der Waals surface area contributed by atoms with E-state index in [1.54, 1.807) is 24.3 Å². The summed E-state index contributed by atoms with van der Waals surface area (Å²) in [5, 5.41) is 9.84. The van der Waals surface area contributed by atoms with Crippen LogP contribution in [-0.2, 0) is 20.7 Å². The van der Waals surface area contributed by atoms with Crippen molar-refractivity contribution in [1.29, 1.82) is 0 Å². The van der Waals surface area contributed by atoms with Crippen molar-refractivity contribution in [2.24, 2.45) is 0 Å². The van der Waals surface area contributed by atoms with Gasteiger partial charge in [0.15, 0.2) is 12.7 Å². The molecule has 0 aromatic heterocycles. The summed E-state index contributed by atoms with van der Waals surface area (Å²) in [6.45, 7) is 2.67. The molecule has 0 aliphatic carbocycles. The number of methoxy groups -OCH3 is 1. The zero-order valence-corrected chi connectivity index (χ0v) is 21.5. The van der Waals surface area contributed by atoms with Gasteiger partial charge in [0.05, 0.1) is 6.04 Å². The summed E-state index contributed by atoms with van der Waals surface area (Å²) in [4.78, 5) is 28.2. The number of carboxylic acid groups (broad SMARTS) is 1. The molecule has 8 heteroatoms. The maximum Gasteiger partial charge on any atom is 0.333 e. The van der Waals surface area contributed by atoms with Crippen molar-refractivity contribution in [2.45, 2.75) is 18.6 Å². The molecule has 4 rings (SSSR count). The number of halogens is 1. The lowest BCUT2D eigenvalue weighted by atomic mass is 9.96. The molecular formula is C29H31ClN2O5. The molecule has 0 saturated carbocycles. The van der Waals surface area contributed by atoms with Crippen LogP contribution in [0, 0.1) is 0 Å². The van der Waals surface area contributed by atoms with Gasteiger partial charge in [-0.05, 0) is 41.0 Å². The van der Waals surface area contributed by atoms with Crippen LogP contribution < -0.4 is 4.74 Å². The highest BCUT2D eigenvalue weighted by Crippen LogP contribution is 2.30. The molecule has 1 N–H and O–H groups in total. The second-order valence-corrected chi connectivity index (χ2v) is 9.42. The Morgan fingerprint density at radius 1 is 0.892 bits per heavy atom. The van der Waals surface area contributed by atoms with E-state index in [9.17, 15) is 9.59 Å². The number of carbonyl (C=O) groups excluding carboxylic acids is 1. The Kier molecular flexibility index (Phi) is 9.17. The molecule has 7 nitrogen and oxygen atoms in total. The third-order valence-corrected chi connectivity index (χ3v) is 6.85. The average molecular weight is 523 g/mol. The van der Waals surface area contributed by atoms with Gasteiger partial charge < -0.3 is 19.5 Å². The number of hydrogen-bond donors (Lipinski definition) is 1. The first-order valence-electron chi connectivity index (χ1n) is 12.2. The first-order chi connectivity index (χ1) is 17.9. The molecule has 1 aliphatic heterocycles. The molecule has 0 bridgehead atoms. The molecule has 2 atom stereocenters. The lowest BCUT2D eigenvalue weighted by Crippen LogP contribution is -2.51. The largest absolute Gasteiger partial charge is 0.484 e. The Hall–Kier alpha value is -3.39. The summed E-state index contributed by atoms with van der Waals surface area (Å²) in [6.07, 6.45) is -0.636. The minimum Gasteiger partial charge on any atom is -0.484 e. The van der Waals surface area contributed by atoms with Gasteiger partial charge in [-0.2, -0.15) is 0 Å². The highest BCUT2D eigenvalue weighted by molar-refractivity contribution is 6.30. The van der Waals surface area contributed by atoms with Gasteiger partial charge in [0.1, 0.15) is 5.75 Å². The Balaban J connectivity index is 1.32. The summed E-state index contributed by atoms with van der Waals surface area (Å²) in [6, 6.07) is 25.5. The number of aliphatic carboxylic acids is 1. The smallest absolute Gasteiger partial charge is 0.333 e. The van der Waals surface area contributed by atoms with Crippen LogP contribution in [0.1, 0.15) is 22.7 Å². The van der Waals surface area contributed by atoms with Crippen molar-refractivity contribution in [2.75, 3.05) is 39.9 Å². The number of amides is 1. The molecule has 3 aromatic rings. The fraction of sp³-hybridized carbons (Fsp3) is 0.310. The molecule has 1 saturated heterocycles. The predicted molar refractivity (Wildman–Crippen MR) is 142 cm³/mol. The Bertz CT molecular complexity index is 1160. The third-order valence-electron chi connectivity index (χ3n) is 6.60. The number of carbonyl (C=O) groups is 2. The van der Waals surface area contributed by atoms with Crippen LogP contribution in [0.25, 0.3) is 0 Å². The van der Waals surface area contributed by atoms with Crippen molar-refractivity contribution in [1.82, 2.24) is 9.80 Å². The monoisotopic (exact) mass is 522 g/mol. The zero-order valence-electron chi connectivity index (χ0n) is 20.8. The van der Waals surface area contributed by atoms with Gasteiger partial charge in [0, 0.05) is 44.7 Å². The van der Waals surface area contributed by atoms with Gasteiger partial charge >= 0.3 is 5.97 Å². The number of hydrogen-bond acceptors (Lipinski definition) is 5. The minimum absolute atomic E-state index is 0.0472. The van der Waals surface area contributed by atoms with Gasteiger partial charge in [0.2, 0.25) is 0 Å². The predicted octanol–water partition coefficient (Wildman–Crippen LogP) is 4.29. The molecule has 1 amide bonds. The van der Waals surface area contributed by atoms with Crippen molar-refractivity contribution in [3.63, 3.8) is 0 Å². The molecule has 0 spiro atoms. The van der Waals surface area contributed by atoms with Crippen LogP contribution in [0.4, 0.5) is 0 Å². The summed E-state index contributed by atoms with van der Waals surface area (Å²) >= 11 is 6.12. The first kappa shape index (κ1) is 26.7. The van der Waals surface area contributed by atoms with Crippen LogP contribution in [0.3, 0.4) is 0 Å². The Labute approximate surface area is 222 Å². The average Bonchev–Trinajstić information content (AvgIpc) is 2.93. The normalized spacial score (nSPS) is 15.7. The second kappa shape index (κ2) is 12.7. The molecule has 0 radical (unpaired) electrons. The highest BCUT2D eigenvalue weighted by Gasteiger charge is 2.28. The van der Waals surface area contributed by atoms with E-state index < -0.39 is 12.1 Å². The van der Waals surface area contributed by atoms with E-state index in [0.717, 1.165) is 18.7 Å². The molecular weight excluding hydrogens is 492 g/mol. The molecule has 3 aromatic carbocycles.